The van der Waals surface area contributed by atoms with Gasteiger partial charge in [-0.15, -0.1) is 5.10 Å². The minimum absolute atomic E-state index is 0.183. The molecule has 2 fully saturated rings. The average Bonchev–Trinajstić information content (AvgIpc) is 2.88. The number of morpholine rings is 1. The molecule has 2 amide bonds. The SMILES string of the molecule is COc1cc(NC(=O)N2CCN(c3cc(N4CCOCC4)cnn3)CC2)cc(OC)c1OC. The van der Waals surface area contributed by atoms with Gasteiger partial charge < -0.3 is 39.0 Å². The molecule has 1 aromatic carbocycles. The zero-order valence-electron chi connectivity index (χ0n) is 19.2. The summed E-state index contributed by atoms with van der Waals surface area (Å²) in [6.07, 6.45) is 1.79. The summed E-state index contributed by atoms with van der Waals surface area (Å²) in [7, 11) is 4.62. The number of rotatable bonds is 6. The second-order valence-electron chi connectivity index (χ2n) is 7.69. The molecule has 0 saturated carbocycles. The number of hydrogen-bond donors (Lipinski definition) is 1. The molecule has 0 unspecified atom stereocenters. The van der Waals surface area contributed by atoms with E-state index in [1.807, 2.05) is 0 Å². The van der Waals surface area contributed by atoms with Crippen LogP contribution in [0.25, 0.3) is 0 Å². The molecule has 3 heterocycles. The summed E-state index contributed by atoms with van der Waals surface area (Å²) in [5, 5.41) is 11.4. The molecule has 1 aromatic heterocycles. The predicted octanol–water partition coefficient (Wildman–Crippen LogP) is 1.69. The Kier molecular flexibility index (Phi) is 7.18. The van der Waals surface area contributed by atoms with Crippen LogP contribution in [-0.2, 0) is 4.74 Å². The first-order valence-corrected chi connectivity index (χ1v) is 10.9. The van der Waals surface area contributed by atoms with Crippen LogP contribution in [-0.4, -0.2) is 94.9 Å². The lowest BCUT2D eigenvalue weighted by Gasteiger charge is -2.35. The fourth-order valence-corrected chi connectivity index (χ4v) is 3.99. The second kappa shape index (κ2) is 10.4. The maximum absolute atomic E-state index is 12.9. The van der Waals surface area contributed by atoms with Crippen LogP contribution in [0.3, 0.4) is 0 Å². The van der Waals surface area contributed by atoms with E-state index in [-0.39, 0.29) is 6.03 Å². The Bertz CT molecular complexity index is 935. The van der Waals surface area contributed by atoms with Crippen molar-refractivity contribution < 1.29 is 23.7 Å². The van der Waals surface area contributed by atoms with Crippen molar-refractivity contribution in [2.75, 3.05) is 88.9 Å². The van der Waals surface area contributed by atoms with Gasteiger partial charge in [0, 0.05) is 57.5 Å². The molecule has 0 spiro atoms. The van der Waals surface area contributed by atoms with Gasteiger partial charge in [-0.25, -0.2) is 4.79 Å². The molecule has 2 aliphatic rings. The number of hydrogen-bond acceptors (Lipinski definition) is 9. The van der Waals surface area contributed by atoms with E-state index in [1.54, 1.807) is 44.6 Å². The Morgan fingerprint density at radius 2 is 1.58 bits per heavy atom. The first kappa shape index (κ1) is 22.7. The number of benzene rings is 1. The maximum atomic E-state index is 12.9. The van der Waals surface area contributed by atoms with Crippen LogP contribution in [0, 0.1) is 0 Å². The summed E-state index contributed by atoms with van der Waals surface area (Å²) < 4.78 is 21.5. The number of anilines is 3. The fourth-order valence-electron chi connectivity index (χ4n) is 3.99. The normalized spacial score (nSPS) is 16.4. The number of nitrogens with zero attached hydrogens (tertiary/aromatic N) is 5. The van der Waals surface area contributed by atoms with Crippen LogP contribution in [0.5, 0.6) is 17.2 Å². The monoisotopic (exact) mass is 458 g/mol. The van der Waals surface area contributed by atoms with E-state index in [4.69, 9.17) is 18.9 Å². The number of methoxy groups -OCH3 is 3. The molecule has 11 heteroatoms. The highest BCUT2D eigenvalue weighted by molar-refractivity contribution is 5.90. The van der Waals surface area contributed by atoms with E-state index in [0.29, 0.717) is 49.1 Å². The number of piperazine rings is 1. The summed E-state index contributed by atoms with van der Waals surface area (Å²) in [4.78, 5) is 19.0. The lowest BCUT2D eigenvalue weighted by Crippen LogP contribution is -2.50. The molecule has 11 nitrogen and oxygen atoms in total. The quantitative estimate of drug-likeness (QED) is 0.693. The Balaban J connectivity index is 1.37. The van der Waals surface area contributed by atoms with Gasteiger partial charge in [0.15, 0.2) is 17.3 Å². The van der Waals surface area contributed by atoms with Crippen molar-refractivity contribution in [2.45, 2.75) is 0 Å². The van der Waals surface area contributed by atoms with Crippen molar-refractivity contribution in [3.8, 4) is 17.2 Å². The van der Waals surface area contributed by atoms with Crippen LogP contribution in [0.1, 0.15) is 0 Å². The van der Waals surface area contributed by atoms with Crippen molar-refractivity contribution in [3.05, 3.63) is 24.4 Å². The van der Waals surface area contributed by atoms with Crippen molar-refractivity contribution >= 4 is 23.2 Å². The van der Waals surface area contributed by atoms with Crippen molar-refractivity contribution in [3.63, 3.8) is 0 Å². The third kappa shape index (κ3) is 5.14. The van der Waals surface area contributed by atoms with Crippen LogP contribution < -0.4 is 29.3 Å². The number of urea groups is 1. The van der Waals surface area contributed by atoms with Gasteiger partial charge in [-0.3, -0.25) is 0 Å². The molecule has 178 valence electrons. The van der Waals surface area contributed by atoms with Crippen LogP contribution in [0.2, 0.25) is 0 Å². The molecule has 0 atom stereocenters. The minimum atomic E-state index is -0.183. The minimum Gasteiger partial charge on any atom is -0.493 e. The Morgan fingerprint density at radius 3 is 2.18 bits per heavy atom. The van der Waals surface area contributed by atoms with Gasteiger partial charge in [0.25, 0.3) is 0 Å². The number of ether oxygens (including phenoxy) is 4. The summed E-state index contributed by atoms with van der Waals surface area (Å²) >= 11 is 0. The van der Waals surface area contributed by atoms with Gasteiger partial charge in [-0.1, -0.05) is 0 Å². The largest absolute Gasteiger partial charge is 0.493 e. The Hall–Kier alpha value is -3.47. The molecule has 1 N–H and O–H groups in total. The van der Waals surface area contributed by atoms with E-state index in [0.717, 1.165) is 37.8 Å². The Morgan fingerprint density at radius 1 is 0.909 bits per heavy atom. The van der Waals surface area contributed by atoms with Crippen molar-refractivity contribution in [1.29, 1.82) is 0 Å². The third-order valence-corrected chi connectivity index (χ3v) is 5.81. The topological polar surface area (TPSA) is 102 Å². The highest BCUT2D eigenvalue weighted by atomic mass is 16.5. The Labute approximate surface area is 193 Å². The van der Waals surface area contributed by atoms with E-state index in [1.165, 1.54) is 0 Å². The van der Waals surface area contributed by atoms with Crippen molar-refractivity contribution in [1.82, 2.24) is 15.1 Å². The van der Waals surface area contributed by atoms with Crippen LogP contribution >= 0.6 is 0 Å². The second-order valence-corrected chi connectivity index (χ2v) is 7.69. The number of carbonyl (C=O) groups excluding carboxylic acids is 1. The summed E-state index contributed by atoms with van der Waals surface area (Å²) in [6.45, 7) is 5.61. The number of amides is 2. The van der Waals surface area contributed by atoms with Gasteiger partial charge in [0.1, 0.15) is 0 Å². The highest BCUT2D eigenvalue weighted by Gasteiger charge is 2.24. The highest BCUT2D eigenvalue weighted by Crippen LogP contribution is 2.40. The molecule has 0 aliphatic carbocycles. The average molecular weight is 459 g/mol. The van der Waals surface area contributed by atoms with E-state index in [2.05, 4.69) is 31.4 Å². The molecule has 4 rings (SSSR count). The lowest BCUT2D eigenvalue weighted by atomic mass is 10.2. The summed E-state index contributed by atoms with van der Waals surface area (Å²) in [5.41, 5.74) is 1.62. The molecule has 2 aromatic rings. The van der Waals surface area contributed by atoms with Gasteiger partial charge in [0.2, 0.25) is 5.75 Å². The first-order valence-electron chi connectivity index (χ1n) is 10.9. The molecular weight excluding hydrogens is 428 g/mol. The lowest BCUT2D eigenvalue weighted by molar-refractivity contribution is 0.122. The third-order valence-electron chi connectivity index (χ3n) is 5.81. The number of nitrogens with one attached hydrogen (secondary N) is 1. The standard InChI is InChI=1S/C22H30N6O5/c1-30-18-12-16(13-19(31-2)21(18)32-3)24-22(29)28-6-4-27(5-7-28)20-14-17(15-23-25-20)26-8-10-33-11-9-26/h12-15H,4-11H2,1-3H3,(H,24,29). The summed E-state index contributed by atoms with van der Waals surface area (Å²) in [5.74, 6) is 2.27. The zero-order chi connectivity index (χ0) is 23.2. The van der Waals surface area contributed by atoms with Gasteiger partial charge in [-0.05, 0) is 0 Å². The van der Waals surface area contributed by atoms with Gasteiger partial charge in [-0.2, -0.15) is 5.10 Å². The predicted molar refractivity (Wildman–Crippen MR) is 124 cm³/mol. The van der Waals surface area contributed by atoms with Crippen molar-refractivity contribution in [2.24, 2.45) is 0 Å². The van der Waals surface area contributed by atoms with Gasteiger partial charge in [0.05, 0.1) is 52.1 Å². The first-order chi connectivity index (χ1) is 16.1. The van der Waals surface area contributed by atoms with E-state index in [9.17, 15) is 4.79 Å². The molecule has 2 aliphatic heterocycles. The smallest absolute Gasteiger partial charge is 0.321 e. The van der Waals surface area contributed by atoms with E-state index < -0.39 is 0 Å². The molecule has 2 saturated heterocycles. The zero-order valence-corrected chi connectivity index (χ0v) is 19.2. The molecular formula is C22H30N6O5. The van der Waals surface area contributed by atoms with Gasteiger partial charge >= 0.3 is 6.03 Å². The van der Waals surface area contributed by atoms with E-state index >= 15 is 0 Å². The molecule has 33 heavy (non-hydrogen) atoms. The van der Waals surface area contributed by atoms with Crippen LogP contribution in [0.15, 0.2) is 24.4 Å². The number of carbonyl (C=O) groups is 1. The molecule has 0 bridgehead atoms. The molecule has 0 radical (unpaired) electrons. The number of aromatic nitrogens is 2. The van der Waals surface area contributed by atoms with Crippen LogP contribution in [0.4, 0.5) is 22.0 Å². The fraction of sp³-hybridized carbons (Fsp3) is 0.500. The summed E-state index contributed by atoms with van der Waals surface area (Å²) in [6, 6.07) is 5.30. The maximum Gasteiger partial charge on any atom is 0.321 e.